The molecule has 0 amide bonds. The summed E-state index contributed by atoms with van der Waals surface area (Å²) in [5, 5.41) is 3.75. The van der Waals surface area contributed by atoms with Gasteiger partial charge in [0.05, 0.1) is 0 Å². The van der Waals surface area contributed by atoms with E-state index < -0.39 is 0 Å². The van der Waals surface area contributed by atoms with Crippen molar-refractivity contribution in [2.45, 2.75) is 77.5 Å². The first-order chi connectivity index (χ1) is 10.1. The molecule has 1 heterocycles. The molecule has 1 aliphatic carbocycles. The van der Waals surface area contributed by atoms with Crippen LogP contribution in [0, 0.1) is 5.92 Å². The quantitative estimate of drug-likeness (QED) is 0.883. The molecule has 1 aliphatic heterocycles. The van der Waals surface area contributed by atoms with Crippen LogP contribution in [0.3, 0.4) is 0 Å². The van der Waals surface area contributed by atoms with E-state index in [4.69, 9.17) is 4.74 Å². The summed E-state index contributed by atoms with van der Waals surface area (Å²) in [4.78, 5) is 0. The van der Waals surface area contributed by atoms with Gasteiger partial charge in [-0.25, -0.2) is 0 Å². The van der Waals surface area contributed by atoms with Crippen molar-refractivity contribution in [3.8, 4) is 5.75 Å². The van der Waals surface area contributed by atoms with Crippen molar-refractivity contribution in [3.63, 3.8) is 0 Å². The third kappa shape index (κ3) is 3.60. The highest BCUT2D eigenvalue weighted by atomic mass is 16.5. The van der Waals surface area contributed by atoms with Crippen LogP contribution in [-0.4, -0.2) is 11.6 Å². The van der Waals surface area contributed by atoms with Gasteiger partial charge in [0.2, 0.25) is 0 Å². The average Bonchev–Trinajstić information content (AvgIpc) is 2.78. The summed E-state index contributed by atoms with van der Waals surface area (Å²) in [6.45, 7) is 7.65. The Morgan fingerprint density at radius 2 is 1.95 bits per heavy atom. The molecule has 2 aliphatic rings. The van der Waals surface area contributed by atoms with Crippen LogP contribution in [0.1, 0.15) is 64.0 Å². The third-order valence-corrected chi connectivity index (χ3v) is 5.15. The largest absolute Gasteiger partial charge is 0.487 e. The molecule has 0 aromatic heterocycles. The van der Waals surface area contributed by atoms with Gasteiger partial charge in [0.1, 0.15) is 11.4 Å². The molecule has 0 bridgehead atoms. The summed E-state index contributed by atoms with van der Waals surface area (Å²) in [6, 6.07) is 7.41. The highest BCUT2D eigenvalue weighted by Crippen LogP contribution is 2.35. The van der Waals surface area contributed by atoms with E-state index in [0.717, 1.165) is 24.6 Å². The lowest BCUT2D eigenvalue weighted by atomic mass is 9.84. The second-order valence-corrected chi connectivity index (χ2v) is 7.49. The van der Waals surface area contributed by atoms with Crippen molar-refractivity contribution in [2.75, 3.05) is 0 Å². The number of fused-ring (bicyclic) bond motifs is 1. The summed E-state index contributed by atoms with van der Waals surface area (Å²) in [5.41, 5.74) is 2.73. The molecule has 2 nitrogen and oxygen atoms in total. The number of hydrogen-bond acceptors (Lipinski definition) is 2. The Morgan fingerprint density at radius 1 is 1.19 bits per heavy atom. The molecule has 21 heavy (non-hydrogen) atoms. The first-order valence-electron chi connectivity index (χ1n) is 8.60. The smallest absolute Gasteiger partial charge is 0.123 e. The maximum atomic E-state index is 5.95. The fraction of sp³-hybridized carbons (Fsp3) is 0.684. The van der Waals surface area contributed by atoms with Crippen molar-refractivity contribution < 1.29 is 4.74 Å². The number of ether oxygens (including phenoxy) is 1. The minimum atomic E-state index is -0.0348. The summed E-state index contributed by atoms with van der Waals surface area (Å²) < 4.78 is 5.95. The number of rotatable bonds is 4. The van der Waals surface area contributed by atoms with E-state index >= 15 is 0 Å². The number of benzene rings is 1. The van der Waals surface area contributed by atoms with Gasteiger partial charge in [-0.05, 0) is 62.6 Å². The molecular formula is C19H29NO. The minimum absolute atomic E-state index is 0.0348. The Bertz CT molecular complexity index is 486. The molecule has 0 radical (unpaired) electrons. The lowest BCUT2D eigenvalue weighted by molar-refractivity contribution is 0.138. The van der Waals surface area contributed by atoms with E-state index in [9.17, 15) is 0 Å². The topological polar surface area (TPSA) is 21.3 Å². The monoisotopic (exact) mass is 287 g/mol. The normalized spacial score (nSPS) is 27.2. The van der Waals surface area contributed by atoms with Crippen molar-refractivity contribution >= 4 is 0 Å². The molecule has 0 unspecified atom stereocenters. The number of nitrogens with one attached hydrogen (secondary N) is 1. The van der Waals surface area contributed by atoms with E-state index in [1.807, 2.05) is 0 Å². The van der Waals surface area contributed by atoms with Gasteiger partial charge in [-0.3, -0.25) is 0 Å². The van der Waals surface area contributed by atoms with Crippen LogP contribution in [0.25, 0.3) is 0 Å². The van der Waals surface area contributed by atoms with Gasteiger partial charge in [0.25, 0.3) is 0 Å². The molecule has 0 atom stereocenters. The summed E-state index contributed by atoms with van der Waals surface area (Å²) >= 11 is 0. The second kappa shape index (κ2) is 6.00. The van der Waals surface area contributed by atoms with Gasteiger partial charge in [-0.2, -0.15) is 0 Å². The third-order valence-electron chi connectivity index (χ3n) is 5.15. The molecule has 116 valence electrons. The maximum Gasteiger partial charge on any atom is 0.123 e. The zero-order chi connectivity index (χ0) is 14.9. The molecule has 3 rings (SSSR count). The predicted octanol–water partition coefficient (Wildman–Crippen LogP) is 4.46. The molecule has 1 saturated carbocycles. The summed E-state index contributed by atoms with van der Waals surface area (Å²) in [6.07, 6.45) is 7.88. The molecule has 1 fully saturated rings. The lowest BCUT2D eigenvalue weighted by Crippen LogP contribution is -2.32. The second-order valence-electron chi connectivity index (χ2n) is 7.49. The van der Waals surface area contributed by atoms with Crippen LogP contribution < -0.4 is 10.1 Å². The standard InChI is InChI=1S/C19H29NO/c1-4-14-5-8-17(9-6-14)20-13-15-7-10-18-16(11-15)12-19(2,3)21-18/h7,10-11,14,17,20H,4-6,8-9,12-13H2,1-3H3. The van der Waals surface area contributed by atoms with Gasteiger partial charge in [0.15, 0.2) is 0 Å². The predicted molar refractivity (Wildman–Crippen MR) is 87.7 cm³/mol. The number of hydrogen-bond donors (Lipinski definition) is 1. The van der Waals surface area contributed by atoms with E-state index in [1.165, 1.54) is 43.2 Å². The van der Waals surface area contributed by atoms with E-state index in [2.05, 4.69) is 44.3 Å². The molecule has 1 N–H and O–H groups in total. The van der Waals surface area contributed by atoms with Gasteiger partial charge in [-0.15, -0.1) is 0 Å². The SMILES string of the molecule is CCC1CCC(NCc2ccc3c(c2)CC(C)(C)O3)CC1. The summed E-state index contributed by atoms with van der Waals surface area (Å²) in [7, 11) is 0. The molecule has 1 aromatic carbocycles. The lowest BCUT2D eigenvalue weighted by Gasteiger charge is -2.28. The van der Waals surface area contributed by atoms with Crippen LogP contribution >= 0.6 is 0 Å². The molecule has 1 aromatic rings. The molecule has 2 heteroatoms. The van der Waals surface area contributed by atoms with Gasteiger partial charge in [-0.1, -0.05) is 25.5 Å². The maximum absolute atomic E-state index is 5.95. The van der Waals surface area contributed by atoms with Crippen LogP contribution in [-0.2, 0) is 13.0 Å². The van der Waals surface area contributed by atoms with Crippen LogP contribution in [0.5, 0.6) is 5.75 Å². The van der Waals surface area contributed by atoms with Crippen molar-refractivity contribution in [3.05, 3.63) is 29.3 Å². The van der Waals surface area contributed by atoms with Crippen LogP contribution in [0.2, 0.25) is 0 Å². The van der Waals surface area contributed by atoms with Gasteiger partial charge in [0, 0.05) is 19.0 Å². The Morgan fingerprint density at radius 3 is 2.67 bits per heavy atom. The summed E-state index contributed by atoms with van der Waals surface area (Å²) in [5.74, 6) is 2.05. The van der Waals surface area contributed by atoms with E-state index in [1.54, 1.807) is 0 Å². The Hall–Kier alpha value is -1.02. The highest BCUT2D eigenvalue weighted by Gasteiger charge is 2.29. The van der Waals surface area contributed by atoms with Crippen molar-refractivity contribution in [1.82, 2.24) is 5.32 Å². The Labute approximate surface area is 129 Å². The van der Waals surface area contributed by atoms with E-state index in [-0.39, 0.29) is 5.60 Å². The Balaban J connectivity index is 1.53. The Kier molecular flexibility index (Phi) is 4.26. The minimum Gasteiger partial charge on any atom is -0.487 e. The van der Waals surface area contributed by atoms with Gasteiger partial charge >= 0.3 is 0 Å². The fourth-order valence-corrected chi connectivity index (χ4v) is 3.81. The average molecular weight is 287 g/mol. The molecular weight excluding hydrogens is 258 g/mol. The first-order valence-corrected chi connectivity index (χ1v) is 8.60. The van der Waals surface area contributed by atoms with Crippen molar-refractivity contribution in [2.24, 2.45) is 5.92 Å². The zero-order valence-corrected chi connectivity index (χ0v) is 13.7. The van der Waals surface area contributed by atoms with Crippen LogP contribution in [0.15, 0.2) is 18.2 Å². The highest BCUT2D eigenvalue weighted by molar-refractivity contribution is 5.41. The van der Waals surface area contributed by atoms with Gasteiger partial charge < -0.3 is 10.1 Å². The van der Waals surface area contributed by atoms with Crippen molar-refractivity contribution in [1.29, 1.82) is 0 Å². The fourth-order valence-electron chi connectivity index (χ4n) is 3.81. The zero-order valence-electron chi connectivity index (χ0n) is 13.7. The molecule has 0 spiro atoms. The first kappa shape index (κ1) is 14.9. The molecule has 0 saturated heterocycles. The van der Waals surface area contributed by atoms with E-state index in [0.29, 0.717) is 6.04 Å². The van der Waals surface area contributed by atoms with Crippen LogP contribution in [0.4, 0.5) is 0 Å².